The fourth-order valence-electron chi connectivity index (χ4n) is 1.71. The predicted molar refractivity (Wildman–Crippen MR) is 75.1 cm³/mol. The van der Waals surface area contributed by atoms with Gasteiger partial charge in [0.15, 0.2) is 16.8 Å². The van der Waals surface area contributed by atoms with Gasteiger partial charge in [0.1, 0.15) is 5.69 Å². The van der Waals surface area contributed by atoms with Crippen LogP contribution in [0.15, 0.2) is 22.8 Å². The molecule has 3 N–H and O–H groups in total. The van der Waals surface area contributed by atoms with Crippen molar-refractivity contribution in [1.29, 1.82) is 0 Å². The summed E-state index contributed by atoms with van der Waals surface area (Å²) in [7, 11) is 0. The van der Waals surface area contributed by atoms with E-state index in [1.807, 2.05) is 0 Å². The number of furan rings is 1. The molecule has 0 aliphatic carbocycles. The van der Waals surface area contributed by atoms with Crippen LogP contribution in [0.4, 0.5) is 0 Å². The molecule has 0 radical (unpaired) electrons. The van der Waals surface area contributed by atoms with Gasteiger partial charge in [0.25, 0.3) is 5.91 Å². The van der Waals surface area contributed by atoms with E-state index in [-0.39, 0.29) is 5.69 Å². The number of aromatic nitrogens is 1. The van der Waals surface area contributed by atoms with Crippen molar-refractivity contribution in [1.82, 2.24) is 10.3 Å². The minimum Gasteiger partial charge on any atom is -0.480 e. The molecule has 0 aliphatic heterocycles. The maximum atomic E-state index is 12.1. The number of thiazole rings is 1. The van der Waals surface area contributed by atoms with Crippen LogP contribution in [0.25, 0.3) is 10.8 Å². The van der Waals surface area contributed by atoms with Crippen molar-refractivity contribution in [2.75, 3.05) is 0 Å². The first kappa shape index (κ1) is 15.2. The normalized spacial score (nSPS) is 13.7. The van der Waals surface area contributed by atoms with Crippen molar-refractivity contribution < 1.29 is 24.2 Å². The van der Waals surface area contributed by atoms with Crippen molar-refractivity contribution in [2.45, 2.75) is 26.0 Å². The Morgan fingerprint density at radius 3 is 2.71 bits per heavy atom. The SMILES string of the molecule is Cc1sc(-c2ccco2)nc1C(=O)N[C@H](C(=O)O)[C@@H](C)O. The highest BCUT2D eigenvalue weighted by Gasteiger charge is 2.27. The van der Waals surface area contributed by atoms with Gasteiger partial charge >= 0.3 is 5.97 Å². The second-order valence-corrected chi connectivity index (χ2v) is 5.63. The first-order valence-electron chi connectivity index (χ1n) is 6.13. The summed E-state index contributed by atoms with van der Waals surface area (Å²) < 4.78 is 5.21. The van der Waals surface area contributed by atoms with Gasteiger partial charge in [0, 0.05) is 4.88 Å². The molecular formula is C13H14N2O5S. The summed E-state index contributed by atoms with van der Waals surface area (Å²) in [4.78, 5) is 27.9. The lowest BCUT2D eigenvalue weighted by molar-refractivity contribution is -0.141. The molecular weight excluding hydrogens is 296 g/mol. The Hall–Kier alpha value is -2.19. The maximum absolute atomic E-state index is 12.1. The highest BCUT2D eigenvalue weighted by Crippen LogP contribution is 2.27. The van der Waals surface area contributed by atoms with Crippen LogP contribution in [0.5, 0.6) is 0 Å². The topological polar surface area (TPSA) is 113 Å². The van der Waals surface area contributed by atoms with Gasteiger partial charge in [-0.05, 0) is 26.0 Å². The largest absolute Gasteiger partial charge is 0.480 e. The monoisotopic (exact) mass is 310 g/mol. The number of aliphatic carboxylic acids is 1. The minimum absolute atomic E-state index is 0.123. The van der Waals surface area contributed by atoms with Crippen molar-refractivity contribution in [3.05, 3.63) is 29.0 Å². The molecule has 0 fully saturated rings. The van der Waals surface area contributed by atoms with Gasteiger partial charge in [-0.25, -0.2) is 9.78 Å². The molecule has 2 aromatic rings. The van der Waals surface area contributed by atoms with Gasteiger partial charge < -0.3 is 19.9 Å². The first-order valence-corrected chi connectivity index (χ1v) is 6.95. The number of amides is 1. The van der Waals surface area contributed by atoms with E-state index in [0.717, 1.165) is 0 Å². The third kappa shape index (κ3) is 3.29. The van der Waals surface area contributed by atoms with E-state index in [1.54, 1.807) is 19.1 Å². The number of aliphatic hydroxyl groups excluding tert-OH is 1. The second-order valence-electron chi connectivity index (χ2n) is 4.43. The molecule has 0 spiro atoms. The fraction of sp³-hybridized carbons (Fsp3) is 0.308. The number of carbonyl (C=O) groups is 2. The average Bonchev–Trinajstić information content (AvgIpc) is 3.03. The zero-order chi connectivity index (χ0) is 15.6. The lowest BCUT2D eigenvalue weighted by Crippen LogP contribution is -2.47. The molecule has 0 aliphatic rings. The number of nitrogens with zero attached hydrogens (tertiary/aromatic N) is 1. The molecule has 0 bridgehead atoms. The van der Waals surface area contributed by atoms with E-state index in [1.165, 1.54) is 24.5 Å². The van der Waals surface area contributed by atoms with E-state index in [0.29, 0.717) is 15.6 Å². The predicted octanol–water partition coefficient (Wildman–Crippen LogP) is 1.28. The molecule has 0 unspecified atom stereocenters. The Kier molecular flexibility index (Phi) is 4.39. The molecule has 2 aromatic heterocycles. The molecule has 0 saturated carbocycles. The van der Waals surface area contributed by atoms with E-state index >= 15 is 0 Å². The lowest BCUT2D eigenvalue weighted by atomic mass is 10.2. The third-order valence-electron chi connectivity index (χ3n) is 2.78. The van der Waals surface area contributed by atoms with Crippen molar-refractivity contribution in [2.24, 2.45) is 0 Å². The quantitative estimate of drug-likeness (QED) is 0.766. The zero-order valence-corrected chi connectivity index (χ0v) is 12.2. The summed E-state index contributed by atoms with van der Waals surface area (Å²) in [5.74, 6) is -1.42. The van der Waals surface area contributed by atoms with Crippen LogP contribution < -0.4 is 5.32 Å². The summed E-state index contributed by atoms with van der Waals surface area (Å²) in [5.41, 5.74) is 0.123. The molecule has 2 heterocycles. The van der Waals surface area contributed by atoms with Crippen molar-refractivity contribution >= 4 is 23.2 Å². The smallest absolute Gasteiger partial charge is 0.328 e. The van der Waals surface area contributed by atoms with E-state index in [4.69, 9.17) is 9.52 Å². The number of rotatable bonds is 5. The standard InChI is InChI=1S/C13H14N2O5S/c1-6(16)9(13(18)19)14-11(17)10-7(2)21-12(15-10)8-4-3-5-20-8/h3-6,9,16H,1-2H3,(H,14,17)(H,18,19)/t6-,9+/m1/s1. The maximum Gasteiger partial charge on any atom is 0.328 e. The molecule has 0 saturated heterocycles. The molecule has 0 aromatic carbocycles. The van der Waals surface area contributed by atoms with E-state index in [9.17, 15) is 14.7 Å². The van der Waals surface area contributed by atoms with Crippen LogP contribution in [0.1, 0.15) is 22.3 Å². The van der Waals surface area contributed by atoms with Gasteiger partial charge in [-0.15, -0.1) is 11.3 Å². The minimum atomic E-state index is -1.38. The van der Waals surface area contributed by atoms with Crippen molar-refractivity contribution in [3.8, 4) is 10.8 Å². The summed E-state index contributed by atoms with van der Waals surface area (Å²) in [6.07, 6.45) is 0.287. The number of aryl methyl sites for hydroxylation is 1. The third-order valence-corrected chi connectivity index (χ3v) is 3.76. The summed E-state index contributed by atoms with van der Waals surface area (Å²) in [6, 6.07) is 2.04. The molecule has 2 atom stereocenters. The van der Waals surface area contributed by atoms with E-state index in [2.05, 4.69) is 10.3 Å². The molecule has 2 rings (SSSR count). The molecule has 21 heavy (non-hydrogen) atoms. The Morgan fingerprint density at radius 2 is 2.19 bits per heavy atom. The molecule has 7 nitrogen and oxygen atoms in total. The van der Waals surface area contributed by atoms with Crippen LogP contribution in [-0.4, -0.2) is 39.2 Å². The zero-order valence-electron chi connectivity index (χ0n) is 11.4. The number of carbonyl (C=O) groups excluding carboxylic acids is 1. The Morgan fingerprint density at radius 1 is 1.48 bits per heavy atom. The number of aliphatic hydroxyl groups is 1. The number of carboxylic acid groups (broad SMARTS) is 1. The number of carboxylic acids is 1. The Bertz CT molecular complexity index is 648. The second kappa shape index (κ2) is 6.06. The summed E-state index contributed by atoms with van der Waals surface area (Å²) in [5, 5.41) is 21.1. The average molecular weight is 310 g/mol. The van der Waals surface area contributed by atoms with Crippen LogP contribution in [0, 0.1) is 6.92 Å². The van der Waals surface area contributed by atoms with Gasteiger partial charge in [0.2, 0.25) is 0 Å². The fourth-order valence-corrected chi connectivity index (χ4v) is 2.59. The van der Waals surface area contributed by atoms with Crippen LogP contribution in [0.3, 0.4) is 0 Å². The van der Waals surface area contributed by atoms with Crippen LogP contribution in [-0.2, 0) is 4.79 Å². The van der Waals surface area contributed by atoms with Crippen LogP contribution >= 0.6 is 11.3 Å². The van der Waals surface area contributed by atoms with Gasteiger partial charge in [-0.2, -0.15) is 0 Å². The summed E-state index contributed by atoms with van der Waals surface area (Å²) in [6.45, 7) is 3.00. The number of hydrogen-bond acceptors (Lipinski definition) is 6. The van der Waals surface area contributed by atoms with Gasteiger partial charge in [0.05, 0.1) is 12.4 Å². The number of hydrogen-bond donors (Lipinski definition) is 3. The highest BCUT2D eigenvalue weighted by atomic mass is 32.1. The summed E-state index contributed by atoms with van der Waals surface area (Å²) >= 11 is 1.27. The van der Waals surface area contributed by atoms with Gasteiger partial charge in [-0.3, -0.25) is 4.79 Å². The molecule has 8 heteroatoms. The lowest BCUT2D eigenvalue weighted by Gasteiger charge is -2.16. The first-order chi connectivity index (χ1) is 9.90. The van der Waals surface area contributed by atoms with Crippen LogP contribution in [0.2, 0.25) is 0 Å². The highest BCUT2D eigenvalue weighted by molar-refractivity contribution is 7.15. The number of nitrogens with one attached hydrogen (secondary N) is 1. The van der Waals surface area contributed by atoms with Gasteiger partial charge in [-0.1, -0.05) is 0 Å². The molecule has 1 amide bonds. The van der Waals surface area contributed by atoms with E-state index < -0.39 is 24.0 Å². The Labute approximate surface area is 124 Å². The Balaban J connectivity index is 2.22. The van der Waals surface area contributed by atoms with Crippen molar-refractivity contribution in [3.63, 3.8) is 0 Å². The molecule has 112 valence electrons.